The number of rotatable bonds is 6. The van der Waals surface area contributed by atoms with Crippen LogP contribution >= 0.6 is 0 Å². The first-order valence-corrected chi connectivity index (χ1v) is 8.82. The third-order valence-corrected chi connectivity index (χ3v) is 4.09. The summed E-state index contributed by atoms with van der Waals surface area (Å²) < 4.78 is 0. The smallest absolute Gasteiger partial charge is 0.246 e. The molecule has 2 amide bonds. The largest absolute Gasteiger partial charge is 0.374 e. The fourth-order valence-electron chi connectivity index (χ4n) is 2.45. The van der Waals surface area contributed by atoms with Crippen LogP contribution < -0.4 is 16.0 Å². The molecule has 0 radical (unpaired) electrons. The minimum atomic E-state index is -0.396. The maximum absolute atomic E-state index is 12.4. The van der Waals surface area contributed by atoms with Gasteiger partial charge in [-0.1, -0.05) is 31.5 Å². The average molecular weight is 353 g/mol. The van der Waals surface area contributed by atoms with Gasteiger partial charge in [0.05, 0.1) is 0 Å². The van der Waals surface area contributed by atoms with Gasteiger partial charge in [-0.05, 0) is 56.7 Å². The van der Waals surface area contributed by atoms with Gasteiger partial charge in [0.25, 0.3) is 0 Å². The molecular weight excluding hydrogens is 326 g/mol. The van der Waals surface area contributed by atoms with E-state index >= 15 is 0 Å². The van der Waals surface area contributed by atoms with Crippen molar-refractivity contribution in [2.45, 2.75) is 40.7 Å². The Morgan fingerprint density at radius 1 is 0.808 bits per heavy atom. The van der Waals surface area contributed by atoms with Gasteiger partial charge in [0.1, 0.15) is 6.04 Å². The summed E-state index contributed by atoms with van der Waals surface area (Å²) in [5.74, 6) is -0.192. The van der Waals surface area contributed by atoms with E-state index in [0.29, 0.717) is 0 Å². The summed E-state index contributed by atoms with van der Waals surface area (Å²) in [5.41, 5.74) is 4.57. The van der Waals surface area contributed by atoms with Crippen LogP contribution in [0.4, 0.5) is 17.1 Å². The molecule has 0 bridgehead atoms. The van der Waals surface area contributed by atoms with Crippen molar-refractivity contribution in [1.29, 1.82) is 0 Å². The Hall–Kier alpha value is -2.82. The quantitative estimate of drug-likeness (QED) is 0.723. The first-order chi connectivity index (χ1) is 12.3. The summed E-state index contributed by atoms with van der Waals surface area (Å²) >= 11 is 0. The van der Waals surface area contributed by atoms with Gasteiger partial charge in [-0.15, -0.1) is 0 Å². The van der Waals surface area contributed by atoms with Gasteiger partial charge >= 0.3 is 0 Å². The lowest BCUT2D eigenvalue weighted by Gasteiger charge is -2.17. The van der Waals surface area contributed by atoms with Crippen LogP contribution in [0.2, 0.25) is 0 Å². The van der Waals surface area contributed by atoms with Gasteiger partial charge in [0.15, 0.2) is 0 Å². The van der Waals surface area contributed by atoms with Crippen LogP contribution in [-0.4, -0.2) is 17.9 Å². The van der Waals surface area contributed by atoms with Gasteiger partial charge < -0.3 is 16.0 Å². The van der Waals surface area contributed by atoms with Crippen LogP contribution in [0.1, 0.15) is 31.9 Å². The highest BCUT2D eigenvalue weighted by molar-refractivity contribution is 5.97. The van der Waals surface area contributed by atoms with Crippen molar-refractivity contribution in [1.82, 2.24) is 0 Å². The topological polar surface area (TPSA) is 70.2 Å². The first kappa shape index (κ1) is 19.5. The van der Waals surface area contributed by atoms with Crippen molar-refractivity contribution >= 4 is 28.9 Å². The van der Waals surface area contributed by atoms with Crippen molar-refractivity contribution in [2.75, 3.05) is 16.0 Å². The Morgan fingerprint density at radius 3 is 2.00 bits per heavy atom. The number of amides is 2. The van der Waals surface area contributed by atoms with Crippen molar-refractivity contribution in [3.8, 4) is 0 Å². The molecule has 0 aliphatic carbocycles. The van der Waals surface area contributed by atoms with E-state index < -0.39 is 6.04 Å². The minimum Gasteiger partial charge on any atom is -0.374 e. The monoisotopic (exact) mass is 353 g/mol. The predicted octanol–water partition coefficient (Wildman–Crippen LogP) is 4.34. The lowest BCUT2D eigenvalue weighted by atomic mass is 10.1. The highest BCUT2D eigenvalue weighted by atomic mass is 16.2. The molecule has 1 atom stereocenters. The minimum absolute atomic E-state index is 0.0214. The predicted molar refractivity (Wildman–Crippen MR) is 108 cm³/mol. The van der Waals surface area contributed by atoms with Gasteiger partial charge in [0.2, 0.25) is 11.8 Å². The fourth-order valence-corrected chi connectivity index (χ4v) is 2.45. The first-order valence-electron chi connectivity index (χ1n) is 8.82. The summed E-state index contributed by atoms with van der Waals surface area (Å²) in [6.07, 6.45) is 0. The third-order valence-electron chi connectivity index (χ3n) is 4.09. The summed E-state index contributed by atoms with van der Waals surface area (Å²) in [6.45, 7) is 9.51. The third kappa shape index (κ3) is 5.34. The molecule has 2 aromatic carbocycles. The van der Waals surface area contributed by atoms with Gasteiger partial charge in [0, 0.05) is 23.0 Å². The second-order valence-corrected chi connectivity index (χ2v) is 6.89. The molecule has 0 saturated carbocycles. The number of carbonyl (C=O) groups is 2. The Morgan fingerprint density at radius 2 is 1.42 bits per heavy atom. The lowest BCUT2D eigenvalue weighted by Crippen LogP contribution is -2.32. The summed E-state index contributed by atoms with van der Waals surface area (Å²) in [4.78, 5) is 24.1. The molecule has 26 heavy (non-hydrogen) atoms. The highest BCUT2D eigenvalue weighted by Crippen LogP contribution is 2.18. The van der Waals surface area contributed by atoms with Gasteiger partial charge in [-0.25, -0.2) is 0 Å². The number of benzene rings is 2. The lowest BCUT2D eigenvalue weighted by molar-refractivity contribution is -0.119. The van der Waals surface area contributed by atoms with Crippen LogP contribution in [0.5, 0.6) is 0 Å². The zero-order valence-electron chi connectivity index (χ0n) is 16.0. The molecule has 0 unspecified atom stereocenters. The van der Waals surface area contributed by atoms with Crippen molar-refractivity contribution in [2.24, 2.45) is 5.92 Å². The molecule has 0 aliphatic rings. The normalized spacial score (nSPS) is 11.8. The maximum Gasteiger partial charge on any atom is 0.246 e. The van der Waals surface area contributed by atoms with E-state index in [1.54, 1.807) is 0 Å². The Kier molecular flexibility index (Phi) is 6.39. The summed E-state index contributed by atoms with van der Waals surface area (Å²) in [5, 5.41) is 8.96. The number of hydrogen-bond acceptors (Lipinski definition) is 3. The molecule has 3 N–H and O–H groups in total. The number of hydrogen-bond donors (Lipinski definition) is 3. The molecule has 2 aromatic rings. The molecule has 5 nitrogen and oxygen atoms in total. The Labute approximate surface area is 155 Å². The standard InChI is InChI=1S/C21H27N3O2/c1-13(2)20(25)23-18-9-7-17(8-10-18)22-16(5)21(26)24-19-11-6-14(3)12-15(19)4/h6-13,16,22H,1-5H3,(H,23,25)(H,24,26)/t16-/m0/s1. The van der Waals surface area contributed by atoms with Crippen molar-refractivity contribution in [3.05, 3.63) is 53.6 Å². The molecule has 0 fully saturated rings. The van der Waals surface area contributed by atoms with Crippen LogP contribution in [-0.2, 0) is 9.59 Å². The van der Waals surface area contributed by atoms with Crippen LogP contribution in [0.25, 0.3) is 0 Å². The summed E-state index contributed by atoms with van der Waals surface area (Å²) in [7, 11) is 0. The second-order valence-electron chi connectivity index (χ2n) is 6.89. The molecule has 0 saturated heterocycles. The van der Waals surface area contributed by atoms with E-state index in [1.807, 2.05) is 77.1 Å². The van der Waals surface area contributed by atoms with E-state index in [9.17, 15) is 9.59 Å². The maximum atomic E-state index is 12.4. The van der Waals surface area contributed by atoms with Crippen molar-refractivity contribution in [3.63, 3.8) is 0 Å². The van der Waals surface area contributed by atoms with E-state index in [2.05, 4.69) is 16.0 Å². The SMILES string of the molecule is Cc1ccc(NC(=O)[C@H](C)Nc2ccc(NC(=O)C(C)C)cc2)c(C)c1. The molecular formula is C21H27N3O2. The van der Waals surface area contributed by atoms with Crippen LogP contribution in [0.15, 0.2) is 42.5 Å². The van der Waals surface area contributed by atoms with E-state index in [4.69, 9.17) is 0 Å². The average Bonchev–Trinajstić information content (AvgIpc) is 2.58. The molecule has 2 rings (SSSR count). The fraction of sp³-hybridized carbons (Fsp3) is 0.333. The van der Waals surface area contributed by atoms with E-state index in [1.165, 1.54) is 0 Å². The number of aryl methyl sites for hydroxylation is 2. The molecule has 5 heteroatoms. The molecule has 138 valence electrons. The molecule has 0 aromatic heterocycles. The molecule has 0 spiro atoms. The summed E-state index contributed by atoms with van der Waals surface area (Å²) in [6, 6.07) is 12.9. The van der Waals surface area contributed by atoms with Crippen molar-refractivity contribution < 1.29 is 9.59 Å². The van der Waals surface area contributed by atoms with Crippen LogP contribution in [0.3, 0.4) is 0 Å². The Bertz CT molecular complexity index is 782. The van der Waals surface area contributed by atoms with Crippen LogP contribution in [0, 0.1) is 19.8 Å². The van der Waals surface area contributed by atoms with E-state index in [-0.39, 0.29) is 17.7 Å². The number of carbonyl (C=O) groups excluding carboxylic acids is 2. The molecule has 0 heterocycles. The number of nitrogens with one attached hydrogen (secondary N) is 3. The highest BCUT2D eigenvalue weighted by Gasteiger charge is 2.14. The second kappa shape index (κ2) is 8.52. The zero-order valence-corrected chi connectivity index (χ0v) is 16.0. The van der Waals surface area contributed by atoms with E-state index in [0.717, 1.165) is 28.2 Å². The molecule has 0 aliphatic heterocycles. The zero-order chi connectivity index (χ0) is 19.3. The Balaban J connectivity index is 1.95. The van der Waals surface area contributed by atoms with Gasteiger partial charge in [-0.3, -0.25) is 9.59 Å². The van der Waals surface area contributed by atoms with Gasteiger partial charge in [-0.2, -0.15) is 0 Å². The number of anilines is 3.